The second-order valence-electron chi connectivity index (χ2n) is 0.513. The first-order valence-electron chi connectivity index (χ1n) is 0.783. The van der Waals surface area contributed by atoms with E-state index in [2.05, 4.69) is 0 Å². The molecular formula is H5FFeLiO4P. The van der Waals surface area contributed by atoms with Gasteiger partial charge in [0.05, 0.1) is 0 Å². The fourth-order valence-electron chi connectivity index (χ4n) is 0. The molecule has 8 heavy (non-hydrogen) atoms. The van der Waals surface area contributed by atoms with E-state index in [0.717, 1.165) is 0 Å². The van der Waals surface area contributed by atoms with Crippen LogP contribution in [-0.2, 0) is 21.6 Å². The molecule has 4 nitrogen and oxygen atoms in total. The number of hydrogen-bond acceptors (Lipinski definition) is 1. The number of phosphoric acid groups is 1. The molecule has 0 radical (unpaired) electrons. The molecule has 0 aromatic carbocycles. The Balaban J connectivity index is -0.0000000133. The molecule has 0 aliphatic heterocycles. The minimum absolute atomic E-state index is 0. The Morgan fingerprint density at radius 2 is 1.25 bits per heavy atom. The summed E-state index contributed by atoms with van der Waals surface area (Å²) in [5, 5.41) is 0. The quantitative estimate of drug-likeness (QED) is 0.266. The maximum Gasteiger partial charge on any atom is 1.00 e. The summed E-state index contributed by atoms with van der Waals surface area (Å²) in [6, 6.07) is 0. The molecule has 0 bridgehead atoms. The Hall–Kier alpha value is 1.16. The molecule has 0 spiro atoms. The monoisotopic (exact) mass is 182 g/mol. The minimum Gasteiger partial charge on any atom is -1.00 e. The minimum atomic E-state index is -4.64. The summed E-state index contributed by atoms with van der Waals surface area (Å²) >= 11 is 0. The maximum absolute atomic E-state index is 8.88. The van der Waals surface area contributed by atoms with E-state index in [1.54, 1.807) is 0 Å². The number of hydrogen-bond donors (Lipinski definition) is 3. The molecule has 3 N–H and O–H groups in total. The van der Waals surface area contributed by atoms with Gasteiger partial charge in [0, 0.05) is 17.1 Å². The van der Waals surface area contributed by atoms with Gasteiger partial charge >= 0.3 is 26.7 Å². The van der Waals surface area contributed by atoms with Gasteiger partial charge in [-0.2, -0.15) is 0 Å². The Kier molecular flexibility index (Phi) is 23.4. The maximum atomic E-state index is 8.88. The van der Waals surface area contributed by atoms with E-state index < -0.39 is 7.82 Å². The van der Waals surface area contributed by atoms with Gasteiger partial charge in [0.15, 0.2) is 0 Å². The van der Waals surface area contributed by atoms with Crippen LogP contribution in [0.15, 0.2) is 0 Å². The van der Waals surface area contributed by atoms with Gasteiger partial charge in [-0.1, -0.05) is 0 Å². The van der Waals surface area contributed by atoms with Crippen molar-refractivity contribution in [2.75, 3.05) is 0 Å². The van der Waals surface area contributed by atoms with Crippen molar-refractivity contribution in [2.45, 2.75) is 0 Å². The zero-order valence-electron chi connectivity index (χ0n) is 4.96. The zero-order valence-corrected chi connectivity index (χ0v) is 5.96. The molecule has 0 fully saturated rings. The van der Waals surface area contributed by atoms with Crippen LogP contribution < -0.4 is 18.9 Å². The van der Waals surface area contributed by atoms with Crippen molar-refractivity contribution >= 4 is 7.82 Å². The van der Waals surface area contributed by atoms with Crippen LogP contribution in [0.1, 0.15) is 1.43 Å². The van der Waals surface area contributed by atoms with Crippen LogP contribution >= 0.6 is 7.82 Å². The molecule has 0 aliphatic rings. The summed E-state index contributed by atoms with van der Waals surface area (Å²) in [7, 11) is -4.64. The third-order valence-corrected chi connectivity index (χ3v) is 0. The number of halogens is 1. The zero-order chi connectivity index (χ0) is 4.50. The molecule has 0 aromatic rings. The van der Waals surface area contributed by atoms with E-state index in [4.69, 9.17) is 19.2 Å². The smallest absolute Gasteiger partial charge is 1.00 e. The molecule has 0 heterocycles. The molecule has 0 unspecified atom stereocenters. The van der Waals surface area contributed by atoms with Crippen molar-refractivity contribution in [1.82, 2.24) is 0 Å². The van der Waals surface area contributed by atoms with Gasteiger partial charge in [-0.3, -0.25) is 4.70 Å². The molecule has 8 heteroatoms. The molecule has 0 saturated carbocycles. The molecule has 0 atom stereocenters. The summed E-state index contributed by atoms with van der Waals surface area (Å²) in [5.74, 6) is 0. The van der Waals surface area contributed by atoms with Gasteiger partial charge in [-0.05, 0) is 0 Å². The second kappa shape index (κ2) is 8.16. The summed E-state index contributed by atoms with van der Waals surface area (Å²) in [6.07, 6.45) is 0. The van der Waals surface area contributed by atoms with Crippen molar-refractivity contribution < 1.29 is 61.3 Å². The predicted octanol–water partition coefficient (Wildman–Crippen LogP) is -3.66. The summed E-state index contributed by atoms with van der Waals surface area (Å²) in [6.45, 7) is 0. The van der Waals surface area contributed by atoms with E-state index in [1.165, 1.54) is 0 Å². The SMILES string of the molecule is F.O=P(O)(O)O.[Fe].[H-].[Li+]. The van der Waals surface area contributed by atoms with Gasteiger partial charge < -0.3 is 16.1 Å². The van der Waals surface area contributed by atoms with Crippen LogP contribution in [0.5, 0.6) is 0 Å². The van der Waals surface area contributed by atoms with E-state index in [1.807, 2.05) is 0 Å². The summed E-state index contributed by atoms with van der Waals surface area (Å²) in [4.78, 5) is 21.6. The van der Waals surface area contributed by atoms with E-state index in [9.17, 15) is 0 Å². The molecule has 0 saturated heterocycles. The topological polar surface area (TPSA) is 77.8 Å². The predicted molar refractivity (Wildman–Crippen MR) is 17.9 cm³/mol. The first-order chi connectivity index (χ1) is 2.00. The molecule has 50 valence electrons. The van der Waals surface area contributed by atoms with Crippen LogP contribution in [0.2, 0.25) is 0 Å². The van der Waals surface area contributed by atoms with Crippen LogP contribution in [0.3, 0.4) is 0 Å². The summed E-state index contributed by atoms with van der Waals surface area (Å²) < 4.78 is 8.88. The van der Waals surface area contributed by atoms with Gasteiger partial charge in [0.1, 0.15) is 0 Å². The van der Waals surface area contributed by atoms with Crippen LogP contribution in [0.25, 0.3) is 0 Å². The fraction of sp³-hybridized carbons (Fsp3) is 0. The van der Waals surface area contributed by atoms with Crippen molar-refractivity contribution in [3.63, 3.8) is 0 Å². The van der Waals surface area contributed by atoms with Crippen molar-refractivity contribution in [2.24, 2.45) is 0 Å². The van der Waals surface area contributed by atoms with Crippen molar-refractivity contribution in [1.29, 1.82) is 0 Å². The van der Waals surface area contributed by atoms with Gasteiger partial charge in [0.25, 0.3) is 0 Å². The van der Waals surface area contributed by atoms with Crippen LogP contribution in [0.4, 0.5) is 4.70 Å². The summed E-state index contributed by atoms with van der Waals surface area (Å²) in [5.41, 5.74) is 0. The Morgan fingerprint density at radius 1 is 1.25 bits per heavy atom. The van der Waals surface area contributed by atoms with Crippen molar-refractivity contribution in [3.8, 4) is 0 Å². The Bertz CT molecular complexity index is 66.7. The third kappa shape index (κ3) is 203. The van der Waals surface area contributed by atoms with Gasteiger partial charge in [0.2, 0.25) is 0 Å². The molecule has 0 aromatic heterocycles. The Labute approximate surface area is 69.4 Å². The average Bonchev–Trinajstić information content (AvgIpc) is 0.722. The van der Waals surface area contributed by atoms with Gasteiger partial charge in [-0.15, -0.1) is 0 Å². The molecule has 0 aliphatic carbocycles. The van der Waals surface area contributed by atoms with Gasteiger partial charge in [-0.25, -0.2) is 4.57 Å². The first-order valence-corrected chi connectivity index (χ1v) is 2.35. The fourth-order valence-corrected chi connectivity index (χ4v) is 0. The van der Waals surface area contributed by atoms with E-state index in [-0.39, 0.29) is 42.1 Å². The molecule has 0 rings (SSSR count). The normalized spacial score (nSPS) is 7.38. The van der Waals surface area contributed by atoms with E-state index in [0.29, 0.717) is 0 Å². The number of rotatable bonds is 0. The molecular weight excluding hydrogens is 177 g/mol. The second-order valence-corrected chi connectivity index (χ2v) is 1.54. The largest absolute Gasteiger partial charge is 1.00 e. The van der Waals surface area contributed by atoms with Crippen LogP contribution in [-0.4, -0.2) is 14.7 Å². The standard InChI is InChI=1S/FH.Fe.Li.H3O4P.H/c;;;1-5(2,3)4;/h1H;;;(H3,1,2,3,4);/q;;+1;;-1. The van der Waals surface area contributed by atoms with Crippen molar-refractivity contribution in [3.05, 3.63) is 0 Å². The van der Waals surface area contributed by atoms with Crippen LogP contribution in [0, 0.1) is 0 Å². The first kappa shape index (κ1) is 22.9. The molecule has 0 amide bonds. The average molecular weight is 182 g/mol. The Morgan fingerprint density at radius 3 is 1.25 bits per heavy atom. The third-order valence-electron chi connectivity index (χ3n) is 0. The van der Waals surface area contributed by atoms with E-state index >= 15 is 0 Å².